The van der Waals surface area contributed by atoms with Gasteiger partial charge in [0.25, 0.3) is 0 Å². The maximum Gasteiger partial charge on any atom is 0.141 e. The molecule has 1 aromatic carbocycles. The van der Waals surface area contributed by atoms with Crippen molar-refractivity contribution in [3.63, 3.8) is 0 Å². The minimum absolute atomic E-state index is 0.132. The van der Waals surface area contributed by atoms with Gasteiger partial charge in [-0.2, -0.15) is 0 Å². The molecule has 1 aromatic rings. The fraction of sp³-hybridized carbons (Fsp3) is 0.455. The number of hydrogen-bond acceptors (Lipinski definition) is 3. The minimum atomic E-state index is -0.400. The van der Waals surface area contributed by atoms with Gasteiger partial charge < -0.3 is 15.4 Å². The molecule has 1 atom stereocenters. The molecular weight excluding hydrogens is 231 g/mol. The van der Waals surface area contributed by atoms with Crippen LogP contribution in [0, 0.1) is 5.82 Å². The Labute approximate surface area is 98.9 Å². The predicted molar refractivity (Wildman–Crippen MR) is 62.5 cm³/mol. The van der Waals surface area contributed by atoms with Crippen molar-refractivity contribution in [3.8, 4) is 0 Å². The summed E-state index contributed by atoms with van der Waals surface area (Å²) in [4.78, 5) is 0. The fourth-order valence-electron chi connectivity index (χ4n) is 1.59. The second-order valence-corrected chi connectivity index (χ2v) is 4.11. The lowest BCUT2D eigenvalue weighted by Gasteiger charge is -2.24. The quantitative estimate of drug-likeness (QED) is 0.852. The first-order valence-corrected chi connectivity index (χ1v) is 5.65. The van der Waals surface area contributed by atoms with Gasteiger partial charge in [-0.05, 0) is 18.2 Å². The van der Waals surface area contributed by atoms with E-state index in [2.05, 4.69) is 10.6 Å². The van der Waals surface area contributed by atoms with Crippen molar-refractivity contribution in [2.75, 3.05) is 31.6 Å². The average molecular weight is 245 g/mol. The Bertz CT molecular complexity index is 356. The first-order chi connectivity index (χ1) is 7.75. The largest absolute Gasteiger partial charge is 0.382 e. The van der Waals surface area contributed by atoms with E-state index in [0.717, 1.165) is 25.4 Å². The maximum atomic E-state index is 12.9. The van der Waals surface area contributed by atoms with E-state index in [1.54, 1.807) is 12.1 Å². The molecule has 0 radical (unpaired) electrons. The van der Waals surface area contributed by atoms with E-state index in [4.69, 9.17) is 16.3 Å². The van der Waals surface area contributed by atoms with Crippen molar-refractivity contribution in [1.82, 2.24) is 5.32 Å². The first-order valence-electron chi connectivity index (χ1n) is 5.27. The lowest BCUT2D eigenvalue weighted by atomic mass is 10.2. The molecule has 1 unspecified atom stereocenters. The zero-order chi connectivity index (χ0) is 11.4. The van der Waals surface area contributed by atoms with E-state index in [-0.39, 0.29) is 11.1 Å². The van der Waals surface area contributed by atoms with Crippen LogP contribution in [0.5, 0.6) is 0 Å². The highest BCUT2D eigenvalue weighted by atomic mass is 35.5. The molecule has 2 N–H and O–H groups in total. The fourth-order valence-corrected chi connectivity index (χ4v) is 1.77. The summed E-state index contributed by atoms with van der Waals surface area (Å²) in [6, 6.07) is 4.59. The van der Waals surface area contributed by atoms with Gasteiger partial charge in [0.1, 0.15) is 5.82 Å². The molecule has 88 valence electrons. The Balaban J connectivity index is 1.86. The molecule has 1 aliphatic heterocycles. The Kier molecular flexibility index (Phi) is 3.98. The van der Waals surface area contributed by atoms with Crippen LogP contribution in [0.15, 0.2) is 18.2 Å². The van der Waals surface area contributed by atoms with Crippen LogP contribution in [-0.4, -0.2) is 32.3 Å². The number of morpholine rings is 1. The van der Waals surface area contributed by atoms with Gasteiger partial charge in [-0.1, -0.05) is 11.6 Å². The lowest BCUT2D eigenvalue weighted by molar-refractivity contribution is 0.0372. The van der Waals surface area contributed by atoms with Crippen molar-refractivity contribution in [1.29, 1.82) is 0 Å². The number of nitrogens with one attached hydrogen (secondary N) is 2. The van der Waals surface area contributed by atoms with Gasteiger partial charge in [0.2, 0.25) is 0 Å². The standard InChI is InChI=1S/C11H14ClFN2O/c12-10-5-8(1-2-11(10)13)15-7-9-6-14-3-4-16-9/h1-2,5,9,14-15H,3-4,6-7H2. The maximum absolute atomic E-state index is 12.9. The summed E-state index contributed by atoms with van der Waals surface area (Å²) in [5, 5.41) is 6.54. The molecule has 1 fully saturated rings. The molecule has 0 amide bonds. The van der Waals surface area contributed by atoms with Crippen LogP contribution >= 0.6 is 11.6 Å². The van der Waals surface area contributed by atoms with Crippen LogP contribution in [0.4, 0.5) is 10.1 Å². The van der Waals surface area contributed by atoms with E-state index in [0.29, 0.717) is 6.54 Å². The third-order valence-corrected chi connectivity index (χ3v) is 2.75. The zero-order valence-corrected chi connectivity index (χ0v) is 9.56. The Morgan fingerprint density at radius 2 is 2.44 bits per heavy atom. The van der Waals surface area contributed by atoms with Crippen LogP contribution in [0.3, 0.4) is 0 Å². The van der Waals surface area contributed by atoms with Gasteiger partial charge in [0, 0.05) is 25.3 Å². The summed E-state index contributed by atoms with van der Waals surface area (Å²) in [6.45, 7) is 3.16. The lowest BCUT2D eigenvalue weighted by Crippen LogP contribution is -2.42. The number of rotatable bonds is 3. The van der Waals surface area contributed by atoms with Gasteiger partial charge in [-0.15, -0.1) is 0 Å². The van der Waals surface area contributed by atoms with Crippen molar-refractivity contribution in [2.24, 2.45) is 0 Å². The van der Waals surface area contributed by atoms with Crippen LogP contribution in [-0.2, 0) is 4.74 Å². The third-order valence-electron chi connectivity index (χ3n) is 2.46. The number of ether oxygens (including phenoxy) is 1. The summed E-state index contributed by atoms with van der Waals surface area (Å²) >= 11 is 5.68. The van der Waals surface area contributed by atoms with Crippen molar-refractivity contribution < 1.29 is 9.13 Å². The van der Waals surface area contributed by atoms with Crippen LogP contribution in [0.1, 0.15) is 0 Å². The molecule has 5 heteroatoms. The summed E-state index contributed by atoms with van der Waals surface area (Å²) in [5.41, 5.74) is 0.806. The van der Waals surface area contributed by atoms with Gasteiger partial charge in [0.15, 0.2) is 0 Å². The molecule has 0 bridgehead atoms. The van der Waals surface area contributed by atoms with E-state index in [1.807, 2.05) is 0 Å². The SMILES string of the molecule is Fc1ccc(NCC2CNCCO2)cc1Cl. The van der Waals surface area contributed by atoms with Gasteiger partial charge >= 0.3 is 0 Å². The van der Waals surface area contributed by atoms with Crippen molar-refractivity contribution in [2.45, 2.75) is 6.10 Å². The highest BCUT2D eigenvalue weighted by molar-refractivity contribution is 6.31. The van der Waals surface area contributed by atoms with Crippen LogP contribution < -0.4 is 10.6 Å². The molecule has 2 rings (SSSR count). The molecule has 1 saturated heterocycles. The predicted octanol–water partition coefficient (Wildman–Crippen LogP) is 1.88. The Morgan fingerprint density at radius 3 is 3.12 bits per heavy atom. The Morgan fingerprint density at radius 1 is 1.56 bits per heavy atom. The molecule has 0 aromatic heterocycles. The first kappa shape index (κ1) is 11.6. The normalized spacial score (nSPS) is 20.8. The van der Waals surface area contributed by atoms with E-state index >= 15 is 0 Å². The summed E-state index contributed by atoms with van der Waals surface area (Å²) in [5.74, 6) is -0.400. The highest BCUT2D eigenvalue weighted by Crippen LogP contribution is 2.19. The van der Waals surface area contributed by atoms with Gasteiger partial charge in [0.05, 0.1) is 17.7 Å². The number of benzene rings is 1. The van der Waals surface area contributed by atoms with Crippen molar-refractivity contribution in [3.05, 3.63) is 29.0 Å². The number of anilines is 1. The molecular formula is C11H14ClFN2O. The highest BCUT2D eigenvalue weighted by Gasteiger charge is 2.12. The number of halogens is 2. The monoisotopic (exact) mass is 244 g/mol. The molecule has 0 spiro atoms. The molecule has 16 heavy (non-hydrogen) atoms. The minimum Gasteiger partial charge on any atom is -0.382 e. The van der Waals surface area contributed by atoms with Crippen molar-refractivity contribution >= 4 is 17.3 Å². The second kappa shape index (κ2) is 5.48. The summed E-state index contributed by atoms with van der Waals surface area (Å²) < 4.78 is 18.4. The molecule has 3 nitrogen and oxygen atoms in total. The molecule has 0 aliphatic carbocycles. The third kappa shape index (κ3) is 3.07. The average Bonchev–Trinajstić information content (AvgIpc) is 2.32. The smallest absolute Gasteiger partial charge is 0.141 e. The zero-order valence-electron chi connectivity index (χ0n) is 8.80. The van der Waals surface area contributed by atoms with Crippen LogP contribution in [0.25, 0.3) is 0 Å². The second-order valence-electron chi connectivity index (χ2n) is 3.71. The number of hydrogen-bond donors (Lipinski definition) is 2. The van der Waals surface area contributed by atoms with Gasteiger partial charge in [-0.25, -0.2) is 4.39 Å². The molecule has 0 saturated carbocycles. The summed E-state index contributed by atoms with van der Waals surface area (Å²) in [7, 11) is 0. The molecule has 1 aliphatic rings. The summed E-state index contributed by atoms with van der Waals surface area (Å²) in [6.07, 6.45) is 0.151. The van der Waals surface area contributed by atoms with E-state index in [1.165, 1.54) is 6.07 Å². The molecule has 1 heterocycles. The van der Waals surface area contributed by atoms with Crippen LogP contribution in [0.2, 0.25) is 5.02 Å². The van der Waals surface area contributed by atoms with E-state index < -0.39 is 5.82 Å². The van der Waals surface area contributed by atoms with Gasteiger partial charge in [-0.3, -0.25) is 0 Å². The van der Waals surface area contributed by atoms with E-state index in [9.17, 15) is 4.39 Å². The Hall–Kier alpha value is -0.840. The topological polar surface area (TPSA) is 33.3 Å².